The fourth-order valence-electron chi connectivity index (χ4n) is 1.91. The number of ether oxygens (including phenoxy) is 2. The van der Waals surface area contributed by atoms with E-state index in [4.69, 9.17) is 15.2 Å². The molecule has 1 rings (SSSR count). The van der Waals surface area contributed by atoms with Crippen molar-refractivity contribution in [1.29, 1.82) is 0 Å². The molecule has 2 N–H and O–H groups in total. The lowest BCUT2D eigenvalue weighted by molar-refractivity contribution is -0.148. The monoisotopic (exact) mass is 215 g/mol. The number of carbonyl (C=O) groups excluding carboxylic acids is 1. The lowest BCUT2D eigenvalue weighted by atomic mass is 9.90. The van der Waals surface area contributed by atoms with Gasteiger partial charge in [-0.25, -0.2) is 0 Å². The van der Waals surface area contributed by atoms with Crippen molar-refractivity contribution in [3.05, 3.63) is 0 Å². The molecular weight excluding hydrogens is 194 g/mol. The second-order valence-corrected chi connectivity index (χ2v) is 4.20. The summed E-state index contributed by atoms with van der Waals surface area (Å²) in [6, 6.07) is -0.640. The Morgan fingerprint density at radius 1 is 1.40 bits per heavy atom. The van der Waals surface area contributed by atoms with Crippen molar-refractivity contribution in [2.75, 3.05) is 20.3 Å². The quantitative estimate of drug-likeness (QED) is 0.697. The lowest BCUT2D eigenvalue weighted by Crippen LogP contribution is -2.37. The van der Waals surface area contributed by atoms with Gasteiger partial charge in [-0.3, -0.25) is 4.79 Å². The van der Waals surface area contributed by atoms with E-state index in [0.717, 1.165) is 0 Å². The van der Waals surface area contributed by atoms with Crippen molar-refractivity contribution < 1.29 is 14.3 Å². The van der Waals surface area contributed by atoms with Crippen molar-refractivity contribution in [3.8, 4) is 0 Å². The lowest BCUT2D eigenvalue weighted by Gasteiger charge is -2.21. The largest absolute Gasteiger partial charge is 0.464 e. The van der Waals surface area contributed by atoms with Gasteiger partial charge in [0.05, 0.1) is 13.2 Å². The van der Waals surface area contributed by atoms with E-state index in [0.29, 0.717) is 12.5 Å². The van der Waals surface area contributed by atoms with Crippen molar-refractivity contribution >= 4 is 5.97 Å². The maximum Gasteiger partial charge on any atom is 0.325 e. The van der Waals surface area contributed by atoms with Crippen LogP contribution in [0.4, 0.5) is 0 Å². The number of esters is 1. The van der Waals surface area contributed by atoms with Gasteiger partial charge in [0.2, 0.25) is 0 Å². The van der Waals surface area contributed by atoms with Crippen LogP contribution in [0.1, 0.15) is 32.1 Å². The van der Waals surface area contributed by atoms with Crippen LogP contribution >= 0.6 is 0 Å². The minimum absolute atomic E-state index is 0.226. The molecule has 1 aliphatic carbocycles. The minimum Gasteiger partial charge on any atom is -0.464 e. The molecule has 0 aliphatic heterocycles. The zero-order valence-corrected chi connectivity index (χ0v) is 9.41. The molecule has 1 atom stereocenters. The summed E-state index contributed by atoms with van der Waals surface area (Å²) in [5.41, 5.74) is 5.54. The number of carbonyl (C=O) groups is 1. The molecule has 0 spiro atoms. The molecule has 0 aromatic heterocycles. The predicted octanol–water partition coefficient (Wildman–Crippen LogP) is 1.08. The third-order valence-electron chi connectivity index (χ3n) is 2.84. The number of hydrogen-bond donors (Lipinski definition) is 1. The number of methoxy groups -OCH3 is 1. The molecule has 4 nitrogen and oxygen atoms in total. The van der Waals surface area contributed by atoms with Crippen LogP contribution < -0.4 is 5.73 Å². The Morgan fingerprint density at radius 2 is 2.07 bits per heavy atom. The molecule has 88 valence electrons. The first-order chi connectivity index (χ1) is 7.24. The molecule has 1 saturated carbocycles. The molecule has 1 aliphatic rings. The summed E-state index contributed by atoms with van der Waals surface area (Å²) in [6.07, 6.45) is 6.17. The second-order valence-electron chi connectivity index (χ2n) is 4.20. The predicted molar refractivity (Wildman–Crippen MR) is 57.4 cm³/mol. The number of nitrogens with two attached hydrogens (primary N) is 1. The zero-order chi connectivity index (χ0) is 11.1. The SMILES string of the molecule is COCC(N)C(=O)OCC1CCCCC1. The van der Waals surface area contributed by atoms with Gasteiger partial charge in [0, 0.05) is 7.11 Å². The average Bonchev–Trinajstić information content (AvgIpc) is 2.27. The van der Waals surface area contributed by atoms with Gasteiger partial charge in [0.25, 0.3) is 0 Å². The highest BCUT2D eigenvalue weighted by Gasteiger charge is 2.18. The maximum absolute atomic E-state index is 11.3. The topological polar surface area (TPSA) is 61.5 Å². The Balaban J connectivity index is 2.14. The van der Waals surface area contributed by atoms with E-state index < -0.39 is 6.04 Å². The summed E-state index contributed by atoms with van der Waals surface area (Å²) >= 11 is 0. The van der Waals surface area contributed by atoms with Gasteiger partial charge in [-0.05, 0) is 18.8 Å². The first-order valence-corrected chi connectivity index (χ1v) is 5.65. The first-order valence-electron chi connectivity index (χ1n) is 5.65. The summed E-state index contributed by atoms with van der Waals surface area (Å²) in [5, 5.41) is 0. The molecule has 1 unspecified atom stereocenters. The molecule has 1 fully saturated rings. The summed E-state index contributed by atoms with van der Waals surface area (Å²) in [7, 11) is 1.52. The van der Waals surface area contributed by atoms with Crippen LogP contribution in [-0.4, -0.2) is 32.3 Å². The Bertz CT molecular complexity index is 190. The van der Waals surface area contributed by atoms with Crippen molar-refractivity contribution in [2.24, 2.45) is 11.7 Å². The maximum atomic E-state index is 11.3. The van der Waals surface area contributed by atoms with Gasteiger partial charge in [-0.15, -0.1) is 0 Å². The summed E-state index contributed by atoms with van der Waals surface area (Å²) in [4.78, 5) is 11.3. The van der Waals surface area contributed by atoms with Gasteiger partial charge in [-0.2, -0.15) is 0 Å². The van der Waals surface area contributed by atoms with Crippen LogP contribution in [-0.2, 0) is 14.3 Å². The normalized spacial score (nSPS) is 19.9. The van der Waals surface area contributed by atoms with Gasteiger partial charge >= 0.3 is 5.97 Å². The molecular formula is C11H21NO3. The highest BCUT2D eigenvalue weighted by Crippen LogP contribution is 2.23. The van der Waals surface area contributed by atoms with Crippen LogP contribution in [0.3, 0.4) is 0 Å². The van der Waals surface area contributed by atoms with E-state index in [1.54, 1.807) is 0 Å². The fraction of sp³-hybridized carbons (Fsp3) is 0.909. The molecule has 15 heavy (non-hydrogen) atoms. The molecule has 0 bridgehead atoms. The minimum atomic E-state index is -0.640. The fourth-order valence-corrected chi connectivity index (χ4v) is 1.91. The number of hydrogen-bond acceptors (Lipinski definition) is 4. The summed E-state index contributed by atoms with van der Waals surface area (Å²) in [6.45, 7) is 0.750. The Labute approximate surface area is 91.1 Å². The Morgan fingerprint density at radius 3 is 2.67 bits per heavy atom. The van der Waals surface area contributed by atoms with E-state index >= 15 is 0 Å². The standard InChI is InChI=1S/C11H21NO3/c1-14-8-10(12)11(13)15-7-9-5-3-2-4-6-9/h9-10H,2-8,12H2,1H3. The molecule has 4 heteroatoms. The Hall–Kier alpha value is -0.610. The van der Waals surface area contributed by atoms with E-state index in [-0.39, 0.29) is 12.6 Å². The highest BCUT2D eigenvalue weighted by molar-refractivity contribution is 5.75. The Kier molecular flexibility index (Phi) is 5.65. The zero-order valence-electron chi connectivity index (χ0n) is 9.41. The molecule has 0 radical (unpaired) electrons. The van der Waals surface area contributed by atoms with Crippen molar-refractivity contribution in [2.45, 2.75) is 38.1 Å². The van der Waals surface area contributed by atoms with Gasteiger partial charge in [-0.1, -0.05) is 19.3 Å². The third kappa shape index (κ3) is 4.62. The van der Waals surface area contributed by atoms with Crippen molar-refractivity contribution in [3.63, 3.8) is 0 Å². The van der Waals surface area contributed by atoms with E-state index in [1.807, 2.05) is 0 Å². The first kappa shape index (κ1) is 12.5. The molecule has 0 aromatic rings. The third-order valence-corrected chi connectivity index (χ3v) is 2.84. The molecule has 0 aromatic carbocycles. The van der Waals surface area contributed by atoms with Crippen molar-refractivity contribution in [1.82, 2.24) is 0 Å². The summed E-state index contributed by atoms with van der Waals surface area (Å²) < 4.78 is 9.94. The van der Waals surface area contributed by atoms with E-state index in [1.165, 1.54) is 39.2 Å². The smallest absolute Gasteiger partial charge is 0.325 e. The summed E-state index contributed by atoms with van der Waals surface area (Å²) in [5.74, 6) is 0.194. The molecule has 0 amide bonds. The van der Waals surface area contributed by atoms with Crippen LogP contribution in [0.25, 0.3) is 0 Å². The van der Waals surface area contributed by atoms with Gasteiger partial charge in [0.15, 0.2) is 0 Å². The second kappa shape index (κ2) is 6.80. The molecule has 0 heterocycles. The van der Waals surface area contributed by atoms with Crippen LogP contribution in [0.2, 0.25) is 0 Å². The van der Waals surface area contributed by atoms with Gasteiger partial charge in [0.1, 0.15) is 6.04 Å². The highest BCUT2D eigenvalue weighted by atomic mass is 16.5. The van der Waals surface area contributed by atoms with Crippen LogP contribution in [0.15, 0.2) is 0 Å². The van der Waals surface area contributed by atoms with Gasteiger partial charge < -0.3 is 15.2 Å². The molecule has 0 saturated heterocycles. The average molecular weight is 215 g/mol. The van der Waals surface area contributed by atoms with E-state index in [9.17, 15) is 4.79 Å². The van der Waals surface area contributed by atoms with Crippen LogP contribution in [0, 0.1) is 5.92 Å². The number of rotatable bonds is 5. The van der Waals surface area contributed by atoms with Crippen LogP contribution in [0.5, 0.6) is 0 Å². The van der Waals surface area contributed by atoms with E-state index in [2.05, 4.69) is 0 Å².